The molecule has 1 aliphatic rings. The molecule has 2 N–H and O–H groups in total. The van der Waals surface area contributed by atoms with E-state index in [1.165, 1.54) is 24.8 Å². The van der Waals surface area contributed by atoms with Gasteiger partial charge in [0, 0.05) is 5.69 Å². The molecule has 0 saturated heterocycles. The molecule has 0 aromatic heterocycles. The Bertz CT molecular complexity index is 315. The fourth-order valence-electron chi connectivity index (χ4n) is 2.90. The van der Waals surface area contributed by atoms with Crippen LogP contribution in [0.1, 0.15) is 44.6 Å². The van der Waals surface area contributed by atoms with Gasteiger partial charge in [-0.3, -0.25) is 0 Å². The van der Waals surface area contributed by atoms with Gasteiger partial charge in [0.2, 0.25) is 0 Å². The quantitative estimate of drug-likeness (QED) is 0.690. The summed E-state index contributed by atoms with van der Waals surface area (Å²) in [6.07, 6.45) is 4.08. The molecule has 0 radical (unpaired) electrons. The largest absolute Gasteiger partial charge is 0.399 e. The fraction of sp³-hybridized carbons (Fsp3) is 0.571. The van der Waals surface area contributed by atoms with Crippen LogP contribution in [0.4, 0.5) is 5.69 Å². The number of nitrogens with two attached hydrogens (primary N) is 1. The Morgan fingerprint density at radius 1 is 1.07 bits per heavy atom. The smallest absolute Gasteiger partial charge is 0.0314 e. The molecule has 1 fully saturated rings. The Kier molecular flexibility index (Phi) is 2.99. The summed E-state index contributed by atoms with van der Waals surface area (Å²) in [4.78, 5) is 0. The maximum absolute atomic E-state index is 5.71. The molecule has 1 aromatic rings. The van der Waals surface area contributed by atoms with E-state index in [1.807, 2.05) is 12.1 Å². The van der Waals surface area contributed by atoms with Crippen molar-refractivity contribution < 1.29 is 0 Å². The van der Waals surface area contributed by atoms with Gasteiger partial charge in [-0.05, 0) is 48.3 Å². The Hall–Kier alpha value is -0.980. The lowest BCUT2D eigenvalue weighted by Crippen LogP contribution is -2.19. The molecule has 3 atom stereocenters. The number of anilines is 1. The second-order valence-electron chi connectivity index (χ2n) is 5.17. The lowest BCUT2D eigenvalue weighted by molar-refractivity contribution is 0.262. The van der Waals surface area contributed by atoms with E-state index < -0.39 is 0 Å². The van der Waals surface area contributed by atoms with Crippen molar-refractivity contribution in [3.63, 3.8) is 0 Å². The van der Waals surface area contributed by atoms with Crippen LogP contribution in [-0.2, 0) is 0 Å². The summed E-state index contributed by atoms with van der Waals surface area (Å²) in [5.41, 5.74) is 8.06. The summed E-state index contributed by atoms with van der Waals surface area (Å²) < 4.78 is 0. The van der Waals surface area contributed by atoms with Crippen molar-refractivity contribution in [2.45, 2.75) is 39.0 Å². The van der Waals surface area contributed by atoms with Crippen molar-refractivity contribution in [1.29, 1.82) is 0 Å². The third kappa shape index (κ3) is 2.34. The highest BCUT2D eigenvalue weighted by Gasteiger charge is 2.26. The molecule has 2 rings (SSSR count). The highest BCUT2D eigenvalue weighted by atomic mass is 14.5. The van der Waals surface area contributed by atoms with Crippen LogP contribution >= 0.6 is 0 Å². The van der Waals surface area contributed by atoms with Crippen LogP contribution in [0.5, 0.6) is 0 Å². The first-order valence-corrected chi connectivity index (χ1v) is 6.02. The third-order valence-electron chi connectivity index (χ3n) is 3.80. The van der Waals surface area contributed by atoms with Gasteiger partial charge in [-0.1, -0.05) is 32.4 Å². The lowest BCUT2D eigenvalue weighted by atomic mass is 9.73. The van der Waals surface area contributed by atoms with E-state index >= 15 is 0 Å². The zero-order chi connectivity index (χ0) is 10.8. The van der Waals surface area contributed by atoms with Gasteiger partial charge in [0.25, 0.3) is 0 Å². The second kappa shape index (κ2) is 4.26. The van der Waals surface area contributed by atoms with Crippen LogP contribution in [0.25, 0.3) is 0 Å². The molecule has 0 heterocycles. The molecule has 0 amide bonds. The van der Waals surface area contributed by atoms with Gasteiger partial charge < -0.3 is 5.73 Å². The van der Waals surface area contributed by atoms with E-state index in [0.717, 1.165) is 23.4 Å². The van der Waals surface area contributed by atoms with E-state index in [-0.39, 0.29) is 0 Å². The van der Waals surface area contributed by atoms with E-state index in [9.17, 15) is 0 Å². The average Bonchev–Trinajstić information content (AvgIpc) is 2.20. The normalized spacial score (nSPS) is 31.5. The zero-order valence-corrected chi connectivity index (χ0v) is 9.74. The topological polar surface area (TPSA) is 26.0 Å². The van der Waals surface area contributed by atoms with Gasteiger partial charge in [-0.2, -0.15) is 0 Å². The Balaban J connectivity index is 2.13. The molecule has 1 heteroatoms. The first kappa shape index (κ1) is 10.5. The van der Waals surface area contributed by atoms with Crippen molar-refractivity contribution >= 4 is 5.69 Å². The van der Waals surface area contributed by atoms with Gasteiger partial charge in [0.15, 0.2) is 0 Å². The minimum atomic E-state index is 0.752. The maximum atomic E-state index is 5.71. The highest BCUT2D eigenvalue weighted by Crippen LogP contribution is 2.39. The molecule has 1 saturated carbocycles. The SMILES string of the molecule is C[C@@H]1CC[C@H](c2ccc(N)cc2)[C@H](C)C1. The molecule has 0 spiro atoms. The molecule has 1 aromatic carbocycles. The second-order valence-corrected chi connectivity index (χ2v) is 5.17. The summed E-state index contributed by atoms with van der Waals surface area (Å²) in [7, 11) is 0. The zero-order valence-electron chi connectivity index (χ0n) is 9.74. The van der Waals surface area contributed by atoms with Crippen LogP contribution in [0.2, 0.25) is 0 Å². The number of benzene rings is 1. The van der Waals surface area contributed by atoms with E-state index in [4.69, 9.17) is 5.73 Å². The first-order valence-electron chi connectivity index (χ1n) is 6.02. The Labute approximate surface area is 92.7 Å². The molecular weight excluding hydrogens is 182 g/mol. The van der Waals surface area contributed by atoms with Gasteiger partial charge in [0.1, 0.15) is 0 Å². The van der Waals surface area contributed by atoms with Gasteiger partial charge in [0.05, 0.1) is 0 Å². The molecule has 0 bridgehead atoms. The van der Waals surface area contributed by atoms with Crippen LogP contribution in [0, 0.1) is 11.8 Å². The fourth-order valence-corrected chi connectivity index (χ4v) is 2.90. The Morgan fingerprint density at radius 3 is 2.33 bits per heavy atom. The van der Waals surface area contributed by atoms with E-state index in [1.54, 1.807) is 0 Å². The average molecular weight is 203 g/mol. The molecule has 0 aliphatic heterocycles. The first-order chi connectivity index (χ1) is 7.16. The summed E-state index contributed by atoms with van der Waals surface area (Å²) >= 11 is 0. The predicted octanol–water partition coefficient (Wildman–Crippen LogP) is 3.81. The van der Waals surface area contributed by atoms with Gasteiger partial charge in [-0.25, -0.2) is 0 Å². The standard InChI is InChI=1S/C14H21N/c1-10-3-8-14(11(2)9-10)12-4-6-13(15)7-5-12/h4-7,10-11,14H,3,8-9,15H2,1-2H3/t10-,11-,14+/m1/s1. The maximum Gasteiger partial charge on any atom is 0.0314 e. The summed E-state index contributed by atoms with van der Waals surface area (Å²) in [6, 6.07) is 8.46. The van der Waals surface area contributed by atoms with Crippen molar-refractivity contribution in [1.82, 2.24) is 0 Å². The summed E-state index contributed by atoms with van der Waals surface area (Å²) in [6.45, 7) is 4.76. The number of nitrogen functional groups attached to an aromatic ring is 1. The van der Waals surface area contributed by atoms with Gasteiger partial charge in [-0.15, -0.1) is 0 Å². The van der Waals surface area contributed by atoms with Crippen molar-refractivity contribution in [3.05, 3.63) is 29.8 Å². The lowest BCUT2D eigenvalue weighted by Gasteiger charge is -2.33. The number of rotatable bonds is 1. The summed E-state index contributed by atoms with van der Waals surface area (Å²) in [5.74, 6) is 2.48. The number of hydrogen-bond donors (Lipinski definition) is 1. The molecule has 1 aliphatic carbocycles. The van der Waals surface area contributed by atoms with E-state index in [0.29, 0.717) is 0 Å². The molecule has 82 valence electrons. The third-order valence-corrected chi connectivity index (χ3v) is 3.80. The van der Waals surface area contributed by atoms with E-state index in [2.05, 4.69) is 26.0 Å². The molecule has 1 nitrogen and oxygen atoms in total. The monoisotopic (exact) mass is 203 g/mol. The van der Waals surface area contributed by atoms with Crippen LogP contribution in [-0.4, -0.2) is 0 Å². The van der Waals surface area contributed by atoms with Crippen molar-refractivity contribution in [3.8, 4) is 0 Å². The van der Waals surface area contributed by atoms with Crippen LogP contribution < -0.4 is 5.73 Å². The summed E-state index contributed by atoms with van der Waals surface area (Å²) in [5, 5.41) is 0. The predicted molar refractivity (Wildman–Crippen MR) is 65.8 cm³/mol. The van der Waals surface area contributed by atoms with Crippen molar-refractivity contribution in [2.75, 3.05) is 5.73 Å². The van der Waals surface area contributed by atoms with Crippen molar-refractivity contribution in [2.24, 2.45) is 11.8 Å². The van der Waals surface area contributed by atoms with Crippen LogP contribution in [0.15, 0.2) is 24.3 Å². The number of hydrogen-bond acceptors (Lipinski definition) is 1. The minimum absolute atomic E-state index is 0.752. The highest BCUT2D eigenvalue weighted by molar-refractivity contribution is 5.40. The molecular formula is C14H21N. The Morgan fingerprint density at radius 2 is 1.73 bits per heavy atom. The molecule has 0 unspecified atom stereocenters. The molecule has 15 heavy (non-hydrogen) atoms. The van der Waals surface area contributed by atoms with Crippen LogP contribution in [0.3, 0.4) is 0 Å². The van der Waals surface area contributed by atoms with Gasteiger partial charge >= 0.3 is 0 Å². The minimum Gasteiger partial charge on any atom is -0.399 e.